The average Bonchev–Trinajstić information content (AvgIpc) is 2.45. The molecule has 3 nitrogen and oxygen atoms in total. The highest BCUT2D eigenvalue weighted by atomic mass is 15.2. The highest BCUT2D eigenvalue weighted by Gasteiger charge is 2.19. The second kappa shape index (κ2) is 7.63. The van der Waals surface area contributed by atoms with Crippen molar-refractivity contribution in [3.8, 4) is 0 Å². The Labute approximate surface area is 117 Å². The van der Waals surface area contributed by atoms with Gasteiger partial charge in [0.25, 0.3) is 0 Å². The van der Waals surface area contributed by atoms with E-state index in [9.17, 15) is 0 Å². The first-order valence-electron chi connectivity index (χ1n) is 7.39. The van der Waals surface area contributed by atoms with Crippen LogP contribution in [0.15, 0.2) is 30.3 Å². The lowest BCUT2D eigenvalue weighted by atomic mass is 10.0. The van der Waals surface area contributed by atoms with Gasteiger partial charge in [0.2, 0.25) is 0 Å². The molecule has 106 valence electrons. The van der Waals surface area contributed by atoms with Gasteiger partial charge in [0.15, 0.2) is 0 Å². The van der Waals surface area contributed by atoms with Gasteiger partial charge in [0.1, 0.15) is 0 Å². The largest absolute Gasteiger partial charge is 0.311 e. The molecule has 1 aliphatic heterocycles. The maximum absolute atomic E-state index is 3.53. The number of rotatable bonds is 6. The summed E-state index contributed by atoms with van der Waals surface area (Å²) in [6, 6.07) is 11.4. The summed E-state index contributed by atoms with van der Waals surface area (Å²) in [6.07, 6.45) is 2.62. The van der Waals surface area contributed by atoms with Crippen LogP contribution in [0, 0.1) is 0 Å². The van der Waals surface area contributed by atoms with E-state index in [2.05, 4.69) is 59.5 Å². The number of likely N-dealkylation sites (tertiary alicyclic amines) is 1. The van der Waals surface area contributed by atoms with Gasteiger partial charge < -0.3 is 15.1 Å². The summed E-state index contributed by atoms with van der Waals surface area (Å²) in [5.74, 6) is 0. The smallest absolute Gasteiger partial charge is 0.0206 e. The molecule has 2 rings (SSSR count). The Kier molecular flexibility index (Phi) is 5.83. The second-order valence-electron chi connectivity index (χ2n) is 5.68. The van der Waals surface area contributed by atoms with Gasteiger partial charge in [-0.3, -0.25) is 0 Å². The quantitative estimate of drug-likeness (QED) is 0.788. The Morgan fingerprint density at radius 1 is 1.21 bits per heavy atom. The third-order valence-electron chi connectivity index (χ3n) is 4.12. The number of hydrogen-bond donors (Lipinski definition) is 1. The first kappa shape index (κ1) is 14.5. The number of nitrogens with one attached hydrogen (secondary N) is 1. The van der Waals surface area contributed by atoms with Gasteiger partial charge in [-0.05, 0) is 45.6 Å². The molecule has 0 bridgehead atoms. The van der Waals surface area contributed by atoms with E-state index in [0.29, 0.717) is 0 Å². The lowest BCUT2D eigenvalue weighted by Gasteiger charge is -2.35. The van der Waals surface area contributed by atoms with Gasteiger partial charge in [0, 0.05) is 25.7 Å². The molecule has 0 unspecified atom stereocenters. The Morgan fingerprint density at radius 3 is 2.58 bits per heavy atom. The molecular weight excluding hydrogens is 234 g/mol. The van der Waals surface area contributed by atoms with Gasteiger partial charge in [-0.2, -0.15) is 0 Å². The maximum Gasteiger partial charge on any atom is 0.0206 e. The predicted octanol–water partition coefficient (Wildman–Crippen LogP) is 1.80. The van der Waals surface area contributed by atoms with Gasteiger partial charge in [-0.15, -0.1) is 0 Å². The topological polar surface area (TPSA) is 18.5 Å². The standard InChI is InChI=1S/C16H27N3/c1-18-11-8-16(9-12-18)19(2)13-10-17-14-15-6-4-3-5-7-15/h3-7,16-17H,8-14H2,1-2H3. The van der Waals surface area contributed by atoms with Crippen LogP contribution in [-0.4, -0.2) is 56.1 Å². The number of likely N-dealkylation sites (N-methyl/N-ethyl adjacent to an activating group) is 1. The van der Waals surface area contributed by atoms with Crippen molar-refractivity contribution in [1.29, 1.82) is 0 Å². The van der Waals surface area contributed by atoms with Crippen molar-refractivity contribution < 1.29 is 0 Å². The number of piperidine rings is 1. The predicted molar refractivity (Wildman–Crippen MR) is 81.3 cm³/mol. The Balaban J connectivity index is 1.60. The Bertz CT molecular complexity index is 344. The number of benzene rings is 1. The molecule has 0 spiro atoms. The molecule has 1 aliphatic rings. The molecule has 0 aliphatic carbocycles. The van der Waals surface area contributed by atoms with E-state index >= 15 is 0 Å². The number of nitrogens with zero attached hydrogens (tertiary/aromatic N) is 2. The summed E-state index contributed by atoms with van der Waals surface area (Å²) in [4.78, 5) is 4.95. The third-order valence-corrected chi connectivity index (χ3v) is 4.12. The van der Waals surface area contributed by atoms with Gasteiger partial charge in [-0.25, -0.2) is 0 Å². The van der Waals surface area contributed by atoms with Gasteiger partial charge in [0.05, 0.1) is 0 Å². The van der Waals surface area contributed by atoms with E-state index in [1.165, 1.54) is 31.5 Å². The van der Waals surface area contributed by atoms with Crippen molar-refractivity contribution in [2.75, 3.05) is 40.3 Å². The molecular formula is C16H27N3. The van der Waals surface area contributed by atoms with E-state index in [1.54, 1.807) is 0 Å². The van der Waals surface area contributed by atoms with Crippen LogP contribution in [-0.2, 0) is 6.54 Å². The minimum Gasteiger partial charge on any atom is -0.311 e. The maximum atomic E-state index is 3.53. The average molecular weight is 261 g/mol. The summed E-state index contributed by atoms with van der Waals surface area (Å²) in [6.45, 7) is 5.67. The minimum absolute atomic E-state index is 0.773. The molecule has 1 aromatic rings. The van der Waals surface area contributed by atoms with E-state index in [4.69, 9.17) is 0 Å². The lowest BCUT2D eigenvalue weighted by Crippen LogP contribution is -2.43. The Hall–Kier alpha value is -0.900. The van der Waals surface area contributed by atoms with Crippen LogP contribution < -0.4 is 5.32 Å². The summed E-state index contributed by atoms with van der Waals surface area (Å²) < 4.78 is 0. The normalized spacial score (nSPS) is 18.1. The van der Waals surface area contributed by atoms with Crippen molar-refractivity contribution >= 4 is 0 Å². The highest BCUT2D eigenvalue weighted by molar-refractivity contribution is 5.14. The molecule has 1 fully saturated rings. The molecule has 0 amide bonds. The fourth-order valence-corrected chi connectivity index (χ4v) is 2.70. The van der Waals surface area contributed by atoms with Crippen LogP contribution in [0.2, 0.25) is 0 Å². The van der Waals surface area contributed by atoms with Crippen molar-refractivity contribution in [2.45, 2.75) is 25.4 Å². The summed E-state index contributed by atoms with van der Waals surface area (Å²) in [7, 11) is 4.48. The Morgan fingerprint density at radius 2 is 1.89 bits per heavy atom. The molecule has 1 heterocycles. The summed E-state index contributed by atoms with van der Waals surface area (Å²) >= 11 is 0. The third kappa shape index (κ3) is 4.94. The highest BCUT2D eigenvalue weighted by Crippen LogP contribution is 2.13. The van der Waals surface area contributed by atoms with Crippen LogP contribution in [0.25, 0.3) is 0 Å². The van der Waals surface area contributed by atoms with E-state index in [1.807, 2.05) is 0 Å². The zero-order valence-corrected chi connectivity index (χ0v) is 12.3. The van der Waals surface area contributed by atoms with E-state index in [0.717, 1.165) is 25.7 Å². The first-order chi connectivity index (χ1) is 9.25. The second-order valence-corrected chi connectivity index (χ2v) is 5.68. The zero-order chi connectivity index (χ0) is 13.5. The van der Waals surface area contributed by atoms with Crippen molar-refractivity contribution in [2.24, 2.45) is 0 Å². The van der Waals surface area contributed by atoms with E-state index in [-0.39, 0.29) is 0 Å². The lowest BCUT2D eigenvalue weighted by molar-refractivity contribution is 0.145. The molecule has 0 aromatic heterocycles. The number of hydrogen-bond acceptors (Lipinski definition) is 3. The van der Waals surface area contributed by atoms with E-state index < -0.39 is 0 Å². The minimum atomic E-state index is 0.773. The fourth-order valence-electron chi connectivity index (χ4n) is 2.70. The SMILES string of the molecule is CN1CCC(N(C)CCNCc2ccccc2)CC1. The zero-order valence-electron chi connectivity index (χ0n) is 12.3. The van der Waals surface area contributed by atoms with Crippen LogP contribution in [0.1, 0.15) is 18.4 Å². The van der Waals surface area contributed by atoms with Crippen molar-refractivity contribution in [3.63, 3.8) is 0 Å². The molecule has 1 aromatic carbocycles. The monoisotopic (exact) mass is 261 g/mol. The van der Waals surface area contributed by atoms with Crippen LogP contribution in [0.5, 0.6) is 0 Å². The molecule has 0 saturated carbocycles. The summed E-state index contributed by atoms with van der Waals surface area (Å²) in [5.41, 5.74) is 1.37. The molecule has 1 saturated heterocycles. The van der Waals surface area contributed by atoms with Gasteiger partial charge in [-0.1, -0.05) is 30.3 Å². The van der Waals surface area contributed by atoms with Crippen molar-refractivity contribution in [1.82, 2.24) is 15.1 Å². The van der Waals surface area contributed by atoms with Crippen molar-refractivity contribution in [3.05, 3.63) is 35.9 Å². The molecule has 19 heavy (non-hydrogen) atoms. The molecule has 1 N–H and O–H groups in total. The van der Waals surface area contributed by atoms with Gasteiger partial charge >= 0.3 is 0 Å². The van der Waals surface area contributed by atoms with Crippen LogP contribution >= 0.6 is 0 Å². The first-order valence-corrected chi connectivity index (χ1v) is 7.39. The molecule has 3 heteroatoms. The van der Waals surface area contributed by atoms with Crippen LogP contribution in [0.4, 0.5) is 0 Å². The molecule has 0 radical (unpaired) electrons. The molecule has 0 atom stereocenters. The fraction of sp³-hybridized carbons (Fsp3) is 0.625. The van der Waals surface area contributed by atoms with Crippen LogP contribution in [0.3, 0.4) is 0 Å². The summed E-state index contributed by atoms with van der Waals surface area (Å²) in [5, 5.41) is 3.53.